The summed E-state index contributed by atoms with van der Waals surface area (Å²) in [5.41, 5.74) is 0.511. The van der Waals surface area contributed by atoms with Gasteiger partial charge in [0.1, 0.15) is 17.3 Å². The van der Waals surface area contributed by atoms with E-state index in [4.69, 9.17) is 14.2 Å². The van der Waals surface area contributed by atoms with Crippen LogP contribution in [0.1, 0.15) is 12.5 Å². The fourth-order valence-corrected chi connectivity index (χ4v) is 2.12. The highest BCUT2D eigenvalue weighted by Gasteiger charge is 2.15. The molecule has 5 heteroatoms. The van der Waals surface area contributed by atoms with Crippen molar-refractivity contribution in [2.75, 3.05) is 13.3 Å². The molecule has 21 heavy (non-hydrogen) atoms. The van der Waals surface area contributed by atoms with Crippen molar-refractivity contribution >= 4 is 0 Å². The monoisotopic (exact) mass is 289 g/mol. The zero-order valence-corrected chi connectivity index (χ0v) is 11.7. The summed E-state index contributed by atoms with van der Waals surface area (Å²) < 4.78 is 30.3. The summed E-state index contributed by atoms with van der Waals surface area (Å²) in [6, 6.07) is 10.1. The number of hydrogen-bond acceptors (Lipinski definition) is 4. The fourth-order valence-electron chi connectivity index (χ4n) is 2.12. The average molecular weight is 289 g/mol. The van der Waals surface area contributed by atoms with Crippen molar-refractivity contribution in [1.82, 2.24) is 5.32 Å². The maximum absolute atomic E-state index is 13.9. The largest absolute Gasteiger partial charge is 0.457 e. The van der Waals surface area contributed by atoms with E-state index in [1.165, 1.54) is 6.07 Å². The van der Waals surface area contributed by atoms with Crippen LogP contribution in [-0.2, 0) is 6.54 Å². The Balaban J connectivity index is 1.85. The van der Waals surface area contributed by atoms with Crippen molar-refractivity contribution in [1.29, 1.82) is 0 Å². The summed E-state index contributed by atoms with van der Waals surface area (Å²) in [4.78, 5) is 0. The first-order valence-corrected chi connectivity index (χ1v) is 6.83. The molecule has 0 fully saturated rings. The van der Waals surface area contributed by atoms with Gasteiger partial charge in [-0.25, -0.2) is 4.39 Å². The Hall–Kier alpha value is -2.27. The minimum Gasteiger partial charge on any atom is -0.457 e. The van der Waals surface area contributed by atoms with E-state index in [-0.39, 0.29) is 12.6 Å². The summed E-state index contributed by atoms with van der Waals surface area (Å²) in [6.07, 6.45) is 0. The summed E-state index contributed by atoms with van der Waals surface area (Å²) in [7, 11) is 0. The molecular weight excluding hydrogens is 273 g/mol. The Morgan fingerprint density at radius 1 is 1.19 bits per heavy atom. The number of ether oxygens (including phenoxy) is 3. The van der Waals surface area contributed by atoms with E-state index in [0.29, 0.717) is 35.1 Å². The molecule has 0 unspecified atom stereocenters. The summed E-state index contributed by atoms with van der Waals surface area (Å²) in [6.45, 7) is 3.37. The van der Waals surface area contributed by atoms with Crippen molar-refractivity contribution in [3.63, 3.8) is 0 Å². The molecule has 1 aliphatic heterocycles. The lowest BCUT2D eigenvalue weighted by Gasteiger charge is -2.12. The average Bonchev–Trinajstić information content (AvgIpc) is 2.94. The first-order valence-electron chi connectivity index (χ1n) is 6.83. The molecule has 1 heterocycles. The molecule has 4 nitrogen and oxygen atoms in total. The summed E-state index contributed by atoms with van der Waals surface area (Å²) in [5.74, 6) is 2.12. The minimum atomic E-state index is -0.283. The lowest BCUT2D eigenvalue weighted by molar-refractivity contribution is 0.174. The summed E-state index contributed by atoms with van der Waals surface area (Å²) in [5, 5.41) is 3.11. The minimum absolute atomic E-state index is 0.213. The van der Waals surface area contributed by atoms with Gasteiger partial charge in [-0.15, -0.1) is 0 Å². The Bertz CT molecular complexity index is 645. The maximum Gasteiger partial charge on any atom is 0.231 e. The van der Waals surface area contributed by atoms with E-state index < -0.39 is 0 Å². The molecule has 1 N–H and O–H groups in total. The van der Waals surface area contributed by atoms with Crippen LogP contribution in [-0.4, -0.2) is 13.3 Å². The van der Waals surface area contributed by atoms with Gasteiger partial charge in [0.15, 0.2) is 11.5 Å². The van der Waals surface area contributed by atoms with E-state index in [1.807, 2.05) is 6.92 Å². The topological polar surface area (TPSA) is 39.7 Å². The Kier molecular flexibility index (Phi) is 3.92. The number of halogens is 1. The molecule has 0 radical (unpaired) electrons. The lowest BCUT2D eigenvalue weighted by Crippen LogP contribution is -2.13. The van der Waals surface area contributed by atoms with Gasteiger partial charge in [-0.1, -0.05) is 13.0 Å². The molecule has 3 rings (SSSR count). The van der Waals surface area contributed by atoms with Gasteiger partial charge in [0.25, 0.3) is 0 Å². The van der Waals surface area contributed by atoms with Gasteiger partial charge in [-0.05, 0) is 30.8 Å². The molecule has 0 atom stereocenters. The van der Waals surface area contributed by atoms with Crippen LogP contribution in [0, 0.1) is 5.82 Å². The first-order chi connectivity index (χ1) is 10.3. The van der Waals surface area contributed by atoms with E-state index in [9.17, 15) is 4.39 Å². The quantitative estimate of drug-likeness (QED) is 0.915. The first kappa shape index (κ1) is 13.7. The van der Waals surface area contributed by atoms with Gasteiger partial charge in [-0.2, -0.15) is 0 Å². The second-order valence-electron chi connectivity index (χ2n) is 4.61. The molecule has 110 valence electrons. The molecule has 0 saturated heterocycles. The van der Waals surface area contributed by atoms with Crippen molar-refractivity contribution in [3.8, 4) is 23.0 Å². The van der Waals surface area contributed by atoms with Gasteiger partial charge >= 0.3 is 0 Å². The third-order valence-corrected chi connectivity index (χ3v) is 3.20. The van der Waals surface area contributed by atoms with Crippen molar-refractivity contribution in [2.45, 2.75) is 13.5 Å². The van der Waals surface area contributed by atoms with Crippen LogP contribution in [0.3, 0.4) is 0 Å². The second-order valence-corrected chi connectivity index (χ2v) is 4.61. The number of nitrogens with one attached hydrogen (secondary N) is 1. The van der Waals surface area contributed by atoms with Gasteiger partial charge in [-0.3, -0.25) is 0 Å². The third-order valence-electron chi connectivity index (χ3n) is 3.20. The van der Waals surface area contributed by atoms with E-state index >= 15 is 0 Å². The fraction of sp³-hybridized carbons (Fsp3) is 0.250. The predicted octanol–water partition coefficient (Wildman–Crippen LogP) is 3.46. The van der Waals surface area contributed by atoms with E-state index in [1.54, 1.807) is 30.3 Å². The molecule has 0 bridgehead atoms. The van der Waals surface area contributed by atoms with Crippen LogP contribution in [0.5, 0.6) is 23.0 Å². The van der Waals surface area contributed by atoms with Gasteiger partial charge in [0.05, 0.1) is 0 Å². The molecular formula is C16H16FNO3. The zero-order chi connectivity index (χ0) is 14.7. The number of hydrogen-bond donors (Lipinski definition) is 1. The standard InChI is InChI=1S/C16H16FNO3/c1-2-18-9-12-13(17)4-3-5-14(12)21-11-6-7-15-16(8-11)20-10-19-15/h3-8,18H,2,9-10H2,1H3. The number of rotatable bonds is 5. The lowest BCUT2D eigenvalue weighted by atomic mass is 10.2. The van der Waals surface area contributed by atoms with Gasteiger partial charge in [0, 0.05) is 18.2 Å². The zero-order valence-electron chi connectivity index (χ0n) is 11.7. The van der Waals surface area contributed by atoms with Crippen molar-refractivity contribution in [2.24, 2.45) is 0 Å². The number of fused-ring (bicyclic) bond motifs is 1. The highest BCUT2D eigenvalue weighted by atomic mass is 19.1. The predicted molar refractivity (Wildman–Crippen MR) is 76.4 cm³/mol. The SMILES string of the molecule is CCNCc1c(F)cccc1Oc1ccc2c(c1)OCO2. The Morgan fingerprint density at radius 2 is 2.05 bits per heavy atom. The summed E-state index contributed by atoms with van der Waals surface area (Å²) >= 11 is 0. The van der Waals surface area contributed by atoms with Crippen molar-refractivity contribution in [3.05, 3.63) is 47.8 Å². The molecule has 0 aliphatic carbocycles. The second kappa shape index (κ2) is 6.01. The molecule has 0 aromatic heterocycles. The van der Waals surface area contributed by atoms with Gasteiger partial charge < -0.3 is 19.5 Å². The van der Waals surface area contributed by atoms with Crippen LogP contribution < -0.4 is 19.5 Å². The van der Waals surface area contributed by atoms with Crippen molar-refractivity contribution < 1.29 is 18.6 Å². The Labute approximate surface area is 122 Å². The molecule has 0 saturated carbocycles. The highest BCUT2D eigenvalue weighted by Crippen LogP contribution is 2.37. The third kappa shape index (κ3) is 2.92. The Morgan fingerprint density at radius 3 is 2.90 bits per heavy atom. The smallest absolute Gasteiger partial charge is 0.231 e. The van der Waals surface area contributed by atoms with Crippen LogP contribution >= 0.6 is 0 Å². The number of benzene rings is 2. The van der Waals surface area contributed by atoms with Crippen LogP contribution in [0.25, 0.3) is 0 Å². The molecule has 2 aromatic rings. The normalized spacial score (nSPS) is 12.5. The molecule has 0 spiro atoms. The maximum atomic E-state index is 13.9. The van der Waals surface area contributed by atoms with Gasteiger partial charge in [0.2, 0.25) is 6.79 Å². The highest BCUT2D eigenvalue weighted by molar-refractivity contribution is 5.48. The van der Waals surface area contributed by atoms with E-state index in [0.717, 1.165) is 6.54 Å². The van der Waals surface area contributed by atoms with Crippen LogP contribution in [0.2, 0.25) is 0 Å². The van der Waals surface area contributed by atoms with Crippen LogP contribution in [0.15, 0.2) is 36.4 Å². The van der Waals surface area contributed by atoms with E-state index in [2.05, 4.69) is 5.32 Å². The van der Waals surface area contributed by atoms with Crippen LogP contribution in [0.4, 0.5) is 4.39 Å². The molecule has 1 aliphatic rings. The molecule has 2 aromatic carbocycles. The molecule has 0 amide bonds.